The maximum atomic E-state index is 10.6. The third-order valence-corrected chi connectivity index (χ3v) is 3.75. The second-order valence-corrected chi connectivity index (χ2v) is 5.28. The van der Waals surface area contributed by atoms with E-state index in [2.05, 4.69) is 14.7 Å². The predicted octanol–water partition coefficient (Wildman–Crippen LogP) is 1.97. The summed E-state index contributed by atoms with van der Waals surface area (Å²) in [5.74, 6) is 0.796. The first kappa shape index (κ1) is 14.0. The maximum Gasteiger partial charge on any atom is 0.163 e. The van der Waals surface area contributed by atoms with Crippen LogP contribution in [0, 0.1) is 0 Å². The Labute approximate surface area is 116 Å². The third-order valence-electron chi connectivity index (χ3n) is 2.96. The number of hydrogen-bond donors (Lipinski definition) is 1. The van der Waals surface area contributed by atoms with E-state index >= 15 is 0 Å². The highest BCUT2D eigenvalue weighted by atomic mass is 32.1. The molecule has 7 heteroatoms. The number of hydrogen-bond acceptors (Lipinski definition) is 6. The van der Waals surface area contributed by atoms with E-state index in [0.29, 0.717) is 18.0 Å². The van der Waals surface area contributed by atoms with Crippen LogP contribution in [0.2, 0.25) is 0 Å². The van der Waals surface area contributed by atoms with Crippen LogP contribution in [-0.2, 0) is 6.54 Å². The molecule has 1 atom stereocenters. The van der Waals surface area contributed by atoms with E-state index < -0.39 is 6.10 Å². The minimum atomic E-state index is -0.810. The van der Waals surface area contributed by atoms with Crippen LogP contribution in [0.5, 0.6) is 5.75 Å². The lowest BCUT2D eigenvalue weighted by Crippen LogP contribution is -2.11. The predicted molar refractivity (Wildman–Crippen MR) is 72.5 cm³/mol. The van der Waals surface area contributed by atoms with Crippen LogP contribution in [0.3, 0.4) is 0 Å². The molecule has 0 fully saturated rings. The quantitative estimate of drug-likeness (QED) is 0.907. The lowest BCUT2D eigenvalue weighted by atomic mass is 10.1. The monoisotopic (exact) mass is 282 g/mol. The highest BCUT2D eigenvalue weighted by Crippen LogP contribution is 2.34. The Kier molecular flexibility index (Phi) is 4.16. The van der Waals surface area contributed by atoms with Gasteiger partial charge in [-0.1, -0.05) is 18.3 Å². The Morgan fingerprint density at radius 2 is 2.21 bits per heavy atom. The first-order chi connectivity index (χ1) is 9.10. The molecule has 0 saturated carbocycles. The molecule has 0 amide bonds. The normalized spacial score (nSPS) is 12.9. The van der Waals surface area contributed by atoms with Gasteiger partial charge in [-0.3, -0.25) is 4.68 Å². The minimum Gasteiger partial charge on any atom is -0.493 e. The fraction of sp³-hybridized carbons (Fsp3) is 0.583. The number of aliphatic hydroxyl groups is 1. The van der Waals surface area contributed by atoms with Gasteiger partial charge in [-0.2, -0.15) is 5.10 Å². The topological polar surface area (TPSA) is 73.1 Å². The van der Waals surface area contributed by atoms with Crippen molar-refractivity contribution in [1.29, 1.82) is 0 Å². The Morgan fingerprint density at radius 3 is 2.79 bits per heavy atom. The summed E-state index contributed by atoms with van der Waals surface area (Å²) in [5, 5.41) is 18.9. The summed E-state index contributed by atoms with van der Waals surface area (Å²) in [4.78, 5) is 0.753. The Bertz CT molecular complexity index is 528. The van der Waals surface area contributed by atoms with Crippen molar-refractivity contribution >= 4 is 11.5 Å². The molecule has 1 N–H and O–H groups in total. The summed E-state index contributed by atoms with van der Waals surface area (Å²) >= 11 is 1.21. The van der Waals surface area contributed by atoms with E-state index in [4.69, 9.17) is 4.74 Å². The summed E-state index contributed by atoms with van der Waals surface area (Å²) in [7, 11) is 1.57. The molecule has 2 rings (SSSR count). The van der Waals surface area contributed by atoms with Gasteiger partial charge in [0, 0.05) is 6.54 Å². The molecule has 2 aromatic heterocycles. The zero-order chi connectivity index (χ0) is 14.0. The van der Waals surface area contributed by atoms with Gasteiger partial charge >= 0.3 is 0 Å². The number of ether oxygens (including phenoxy) is 1. The van der Waals surface area contributed by atoms with Gasteiger partial charge in [0.25, 0.3) is 0 Å². The molecule has 0 radical (unpaired) electrons. The standard InChI is InChI=1S/C12H18N4O2S/c1-5-16-10(8(18-4)6-13-16)11(17)12-9(7(2)3)14-15-19-12/h6-7,11,17H,5H2,1-4H3. The van der Waals surface area contributed by atoms with Crippen molar-refractivity contribution in [2.24, 2.45) is 0 Å². The van der Waals surface area contributed by atoms with Crippen LogP contribution in [0.4, 0.5) is 0 Å². The number of aromatic nitrogens is 4. The van der Waals surface area contributed by atoms with Crippen LogP contribution in [-0.4, -0.2) is 31.6 Å². The molecule has 104 valence electrons. The fourth-order valence-electron chi connectivity index (χ4n) is 1.98. The summed E-state index contributed by atoms with van der Waals surface area (Å²) in [6.45, 7) is 6.69. The first-order valence-electron chi connectivity index (χ1n) is 6.20. The number of rotatable bonds is 5. The molecule has 0 aliphatic rings. The summed E-state index contributed by atoms with van der Waals surface area (Å²) in [6, 6.07) is 0. The molecule has 2 aromatic rings. The van der Waals surface area contributed by atoms with E-state index in [9.17, 15) is 5.11 Å². The van der Waals surface area contributed by atoms with Gasteiger partial charge in [0.2, 0.25) is 0 Å². The second kappa shape index (κ2) is 5.66. The van der Waals surface area contributed by atoms with E-state index in [1.165, 1.54) is 11.5 Å². The molecule has 0 aliphatic heterocycles. The van der Waals surface area contributed by atoms with Crippen molar-refractivity contribution in [2.45, 2.75) is 39.3 Å². The van der Waals surface area contributed by atoms with Gasteiger partial charge < -0.3 is 9.84 Å². The SMILES string of the molecule is CCn1ncc(OC)c1C(O)c1snnc1C(C)C. The van der Waals surface area contributed by atoms with Gasteiger partial charge in [0.15, 0.2) is 5.75 Å². The van der Waals surface area contributed by atoms with Crippen LogP contribution >= 0.6 is 11.5 Å². The fourth-order valence-corrected chi connectivity index (χ4v) is 2.78. The summed E-state index contributed by atoms with van der Waals surface area (Å²) in [5.41, 5.74) is 1.47. The smallest absolute Gasteiger partial charge is 0.163 e. The van der Waals surface area contributed by atoms with Crippen molar-refractivity contribution in [3.8, 4) is 5.75 Å². The Hall–Kier alpha value is -1.47. The van der Waals surface area contributed by atoms with Crippen LogP contribution in [0.1, 0.15) is 49.1 Å². The van der Waals surface area contributed by atoms with Gasteiger partial charge in [0.1, 0.15) is 11.8 Å². The zero-order valence-electron chi connectivity index (χ0n) is 11.5. The van der Waals surface area contributed by atoms with Crippen LogP contribution < -0.4 is 4.74 Å². The van der Waals surface area contributed by atoms with Gasteiger partial charge in [-0.15, -0.1) is 5.10 Å². The van der Waals surface area contributed by atoms with E-state index in [0.717, 1.165) is 10.6 Å². The van der Waals surface area contributed by atoms with E-state index in [1.54, 1.807) is 18.0 Å². The van der Waals surface area contributed by atoms with Crippen LogP contribution in [0.25, 0.3) is 0 Å². The second-order valence-electron chi connectivity index (χ2n) is 4.49. The van der Waals surface area contributed by atoms with Crippen molar-refractivity contribution in [1.82, 2.24) is 19.4 Å². The third kappa shape index (κ3) is 2.48. The molecule has 19 heavy (non-hydrogen) atoms. The van der Waals surface area contributed by atoms with Crippen molar-refractivity contribution in [3.05, 3.63) is 22.5 Å². The summed E-state index contributed by atoms with van der Waals surface area (Å²) < 4.78 is 10.9. The number of aryl methyl sites for hydroxylation is 1. The highest BCUT2D eigenvalue weighted by molar-refractivity contribution is 7.05. The molecule has 0 aromatic carbocycles. The van der Waals surface area contributed by atoms with Crippen LogP contribution in [0.15, 0.2) is 6.20 Å². The molecule has 6 nitrogen and oxygen atoms in total. The first-order valence-corrected chi connectivity index (χ1v) is 6.97. The Morgan fingerprint density at radius 1 is 1.47 bits per heavy atom. The minimum absolute atomic E-state index is 0.215. The molecular weight excluding hydrogens is 264 g/mol. The van der Waals surface area contributed by atoms with Gasteiger partial charge in [-0.05, 0) is 24.4 Å². The van der Waals surface area contributed by atoms with Crippen molar-refractivity contribution in [2.75, 3.05) is 7.11 Å². The number of methoxy groups -OCH3 is 1. The lowest BCUT2D eigenvalue weighted by molar-refractivity contribution is 0.204. The summed E-state index contributed by atoms with van der Waals surface area (Å²) in [6.07, 6.45) is 0.806. The van der Waals surface area contributed by atoms with Crippen molar-refractivity contribution < 1.29 is 9.84 Å². The number of aliphatic hydroxyl groups excluding tert-OH is 1. The zero-order valence-corrected chi connectivity index (χ0v) is 12.3. The largest absolute Gasteiger partial charge is 0.493 e. The van der Waals surface area contributed by atoms with E-state index in [1.807, 2.05) is 20.8 Å². The molecule has 2 heterocycles. The van der Waals surface area contributed by atoms with E-state index in [-0.39, 0.29) is 5.92 Å². The molecule has 0 bridgehead atoms. The maximum absolute atomic E-state index is 10.6. The average molecular weight is 282 g/mol. The molecule has 0 aliphatic carbocycles. The molecule has 1 unspecified atom stereocenters. The van der Waals surface area contributed by atoms with Crippen molar-refractivity contribution in [3.63, 3.8) is 0 Å². The number of nitrogens with zero attached hydrogens (tertiary/aromatic N) is 4. The molecular formula is C12H18N4O2S. The average Bonchev–Trinajstić information content (AvgIpc) is 3.03. The molecule has 0 spiro atoms. The lowest BCUT2D eigenvalue weighted by Gasteiger charge is -2.14. The highest BCUT2D eigenvalue weighted by Gasteiger charge is 2.26. The molecule has 0 saturated heterocycles. The Balaban J connectivity index is 2.46. The van der Waals surface area contributed by atoms with Gasteiger partial charge in [-0.25, -0.2) is 0 Å². The van der Waals surface area contributed by atoms with Gasteiger partial charge in [0.05, 0.1) is 23.9 Å².